The molecule has 1 aliphatic heterocycles. The van der Waals surface area contributed by atoms with Gasteiger partial charge in [0, 0.05) is 18.7 Å². The van der Waals surface area contributed by atoms with Gasteiger partial charge in [0.2, 0.25) is 0 Å². The molecule has 7 heteroatoms. The van der Waals surface area contributed by atoms with Crippen LogP contribution in [-0.2, 0) is 16.4 Å². The molecule has 150 valence electrons. The molecule has 0 aliphatic carbocycles. The monoisotopic (exact) mass is 411 g/mol. The molecule has 1 aliphatic rings. The van der Waals surface area contributed by atoms with Gasteiger partial charge in [-0.25, -0.2) is 8.42 Å². The van der Waals surface area contributed by atoms with E-state index in [1.807, 2.05) is 31.2 Å². The fraction of sp³-hybridized carbons (Fsp3) is 0.273. The number of para-hydroxylation sites is 1. The molecule has 2 aromatic carbocycles. The second kappa shape index (κ2) is 7.48. The van der Waals surface area contributed by atoms with E-state index in [4.69, 9.17) is 4.42 Å². The number of fused-ring (bicyclic) bond motifs is 1. The lowest BCUT2D eigenvalue weighted by Gasteiger charge is -2.28. The first-order valence-electron chi connectivity index (χ1n) is 9.42. The van der Waals surface area contributed by atoms with Crippen LogP contribution in [0.15, 0.2) is 63.8 Å². The molecule has 1 aromatic heterocycles. The van der Waals surface area contributed by atoms with E-state index in [1.54, 1.807) is 24.3 Å². The van der Waals surface area contributed by atoms with Gasteiger partial charge >= 0.3 is 0 Å². The molecule has 1 atom stereocenters. The Kier molecular flexibility index (Phi) is 5.00. The number of amides is 1. The zero-order chi connectivity index (χ0) is 20.6. The van der Waals surface area contributed by atoms with Crippen molar-refractivity contribution in [3.8, 4) is 0 Å². The molecule has 0 bridgehead atoms. The molecule has 1 unspecified atom stereocenters. The Balaban J connectivity index is 1.72. The van der Waals surface area contributed by atoms with Gasteiger partial charge in [0.25, 0.3) is 5.91 Å². The van der Waals surface area contributed by atoms with Crippen LogP contribution in [0.4, 0.5) is 0 Å². The number of sulfone groups is 1. The number of rotatable bonds is 4. The molecule has 0 N–H and O–H groups in total. The molecule has 6 nitrogen and oxygen atoms in total. The minimum Gasteiger partial charge on any atom is -0.451 e. The summed E-state index contributed by atoms with van der Waals surface area (Å²) in [6.07, 6.45) is 0.373. The smallest absolute Gasteiger partial charge is 0.290 e. The molecule has 0 radical (unpaired) electrons. The summed E-state index contributed by atoms with van der Waals surface area (Å²) in [5.74, 6) is -0.583. The highest BCUT2D eigenvalue weighted by molar-refractivity contribution is 7.91. The van der Waals surface area contributed by atoms with E-state index >= 15 is 0 Å². The second-order valence-corrected chi connectivity index (χ2v) is 9.68. The standard InChI is InChI=1S/C22H21NO5S/c1-15-6-8-16(9-7-15)13-23(17-10-11-29(26,27)14-17)22(25)21-12-19(24)18-4-2-3-5-20(18)28-21/h2-9,12,17H,10-11,13-14H2,1H3. The molecular formula is C22H21NO5S. The third-order valence-corrected chi connectivity index (χ3v) is 6.98. The van der Waals surface area contributed by atoms with Crippen molar-refractivity contribution in [1.82, 2.24) is 4.90 Å². The molecule has 29 heavy (non-hydrogen) atoms. The van der Waals surface area contributed by atoms with Crippen LogP contribution < -0.4 is 5.43 Å². The van der Waals surface area contributed by atoms with Crippen molar-refractivity contribution in [1.29, 1.82) is 0 Å². The molecule has 1 saturated heterocycles. The first kappa shape index (κ1) is 19.4. The predicted molar refractivity (Wildman–Crippen MR) is 111 cm³/mol. The molecule has 1 amide bonds. The maximum atomic E-state index is 13.3. The largest absolute Gasteiger partial charge is 0.451 e. The first-order valence-corrected chi connectivity index (χ1v) is 11.2. The van der Waals surface area contributed by atoms with E-state index in [-0.39, 0.29) is 29.2 Å². The maximum absolute atomic E-state index is 13.3. The summed E-state index contributed by atoms with van der Waals surface area (Å²) in [5.41, 5.74) is 2.01. The lowest BCUT2D eigenvalue weighted by atomic mass is 10.1. The maximum Gasteiger partial charge on any atom is 0.290 e. The normalized spacial score (nSPS) is 18.0. The minimum atomic E-state index is -3.18. The van der Waals surface area contributed by atoms with Crippen LogP contribution in [0.3, 0.4) is 0 Å². The first-order chi connectivity index (χ1) is 13.8. The highest BCUT2D eigenvalue weighted by Crippen LogP contribution is 2.23. The number of carbonyl (C=O) groups excluding carboxylic acids is 1. The number of benzene rings is 2. The van der Waals surface area contributed by atoms with Gasteiger partial charge in [-0.3, -0.25) is 9.59 Å². The molecular weight excluding hydrogens is 390 g/mol. The predicted octanol–water partition coefficient (Wildman–Crippen LogP) is 2.93. The second-order valence-electron chi connectivity index (χ2n) is 7.45. The van der Waals surface area contributed by atoms with Crippen molar-refractivity contribution >= 4 is 26.7 Å². The molecule has 4 rings (SSSR count). The summed E-state index contributed by atoms with van der Waals surface area (Å²) < 4.78 is 29.8. The summed E-state index contributed by atoms with van der Waals surface area (Å²) in [6.45, 7) is 2.22. The summed E-state index contributed by atoms with van der Waals surface area (Å²) in [5, 5.41) is 0.401. The van der Waals surface area contributed by atoms with Gasteiger partial charge < -0.3 is 9.32 Å². The van der Waals surface area contributed by atoms with Gasteiger partial charge in [0.1, 0.15) is 5.58 Å². The molecule has 1 fully saturated rings. The number of hydrogen-bond acceptors (Lipinski definition) is 5. The van der Waals surface area contributed by atoms with E-state index < -0.39 is 21.8 Å². The number of carbonyl (C=O) groups is 1. The van der Waals surface area contributed by atoms with Crippen molar-refractivity contribution in [2.75, 3.05) is 11.5 Å². The van der Waals surface area contributed by atoms with Crippen molar-refractivity contribution in [2.24, 2.45) is 0 Å². The lowest BCUT2D eigenvalue weighted by Crippen LogP contribution is -2.40. The summed E-state index contributed by atoms with van der Waals surface area (Å²) >= 11 is 0. The van der Waals surface area contributed by atoms with Gasteiger partial charge in [-0.1, -0.05) is 42.0 Å². The van der Waals surface area contributed by atoms with Crippen LogP contribution in [-0.4, -0.2) is 36.8 Å². The van der Waals surface area contributed by atoms with Gasteiger partial charge in [0.05, 0.1) is 16.9 Å². The lowest BCUT2D eigenvalue weighted by molar-refractivity contribution is 0.0648. The Hall–Kier alpha value is -2.93. The summed E-state index contributed by atoms with van der Waals surface area (Å²) in [7, 11) is -3.18. The van der Waals surface area contributed by atoms with Crippen LogP contribution >= 0.6 is 0 Å². The van der Waals surface area contributed by atoms with Crippen LogP contribution in [0, 0.1) is 6.92 Å². The third-order valence-electron chi connectivity index (χ3n) is 5.23. The molecule has 2 heterocycles. The summed E-state index contributed by atoms with van der Waals surface area (Å²) in [4.78, 5) is 27.2. The third kappa shape index (κ3) is 4.10. The van der Waals surface area contributed by atoms with Gasteiger partial charge in [-0.05, 0) is 31.0 Å². The Labute approximate surface area is 168 Å². The number of aryl methyl sites for hydroxylation is 1. The quantitative estimate of drug-likeness (QED) is 0.659. The Morgan fingerprint density at radius 2 is 1.86 bits per heavy atom. The zero-order valence-corrected chi connectivity index (χ0v) is 16.8. The average molecular weight is 411 g/mol. The van der Waals surface area contributed by atoms with Crippen molar-refractivity contribution in [2.45, 2.75) is 25.9 Å². The van der Waals surface area contributed by atoms with Crippen molar-refractivity contribution in [3.63, 3.8) is 0 Å². The topological polar surface area (TPSA) is 84.7 Å². The van der Waals surface area contributed by atoms with Crippen LogP contribution in [0.25, 0.3) is 11.0 Å². The van der Waals surface area contributed by atoms with E-state index in [9.17, 15) is 18.0 Å². The van der Waals surface area contributed by atoms with E-state index in [0.717, 1.165) is 11.1 Å². The fourth-order valence-corrected chi connectivity index (χ4v) is 5.36. The zero-order valence-electron chi connectivity index (χ0n) is 16.0. The van der Waals surface area contributed by atoms with E-state index in [0.29, 0.717) is 17.4 Å². The Morgan fingerprint density at radius 3 is 2.55 bits per heavy atom. The average Bonchev–Trinajstić information content (AvgIpc) is 3.06. The fourth-order valence-electron chi connectivity index (χ4n) is 3.63. The number of nitrogens with zero attached hydrogens (tertiary/aromatic N) is 1. The van der Waals surface area contributed by atoms with E-state index in [1.165, 1.54) is 11.0 Å². The van der Waals surface area contributed by atoms with Gasteiger partial charge in [-0.2, -0.15) is 0 Å². The minimum absolute atomic E-state index is 0.0526. The molecule has 0 saturated carbocycles. The molecule has 0 spiro atoms. The summed E-state index contributed by atoms with van der Waals surface area (Å²) in [6, 6.07) is 15.2. The number of hydrogen-bond donors (Lipinski definition) is 0. The highest BCUT2D eigenvalue weighted by atomic mass is 32.2. The van der Waals surface area contributed by atoms with Crippen LogP contribution in [0.5, 0.6) is 0 Å². The SMILES string of the molecule is Cc1ccc(CN(C(=O)c2cc(=O)c3ccccc3o2)C2CCS(=O)(=O)C2)cc1. The molecule has 3 aromatic rings. The van der Waals surface area contributed by atoms with Crippen LogP contribution in [0.1, 0.15) is 28.1 Å². The van der Waals surface area contributed by atoms with Crippen molar-refractivity contribution in [3.05, 3.63) is 81.7 Å². The van der Waals surface area contributed by atoms with E-state index in [2.05, 4.69) is 0 Å². The van der Waals surface area contributed by atoms with Gasteiger partial charge in [0.15, 0.2) is 21.0 Å². The van der Waals surface area contributed by atoms with Crippen molar-refractivity contribution < 1.29 is 17.6 Å². The Morgan fingerprint density at radius 1 is 1.14 bits per heavy atom. The Bertz CT molecular complexity index is 1230. The van der Waals surface area contributed by atoms with Gasteiger partial charge in [-0.15, -0.1) is 0 Å². The van der Waals surface area contributed by atoms with Crippen LogP contribution in [0.2, 0.25) is 0 Å². The highest BCUT2D eigenvalue weighted by Gasteiger charge is 2.36.